The van der Waals surface area contributed by atoms with E-state index in [0.717, 1.165) is 28.5 Å². The summed E-state index contributed by atoms with van der Waals surface area (Å²) >= 11 is 0. The Kier molecular flexibility index (Phi) is 5.03. The Balaban J connectivity index is 1.74. The Labute approximate surface area is 147 Å². The van der Waals surface area contributed by atoms with E-state index in [9.17, 15) is 4.79 Å². The van der Waals surface area contributed by atoms with Crippen molar-refractivity contribution in [1.82, 2.24) is 15.3 Å². The molecule has 5 heteroatoms. The molecule has 2 heterocycles. The number of aromatic nitrogens is 2. The molecule has 5 nitrogen and oxygen atoms in total. The highest BCUT2D eigenvalue weighted by Gasteiger charge is 2.12. The number of nitrogens with zero attached hydrogens (tertiary/aromatic N) is 1. The summed E-state index contributed by atoms with van der Waals surface area (Å²) in [6, 6.07) is 9.82. The number of nitrogens with one attached hydrogen (secondary N) is 2. The van der Waals surface area contributed by atoms with Gasteiger partial charge in [0.1, 0.15) is 5.69 Å². The highest BCUT2D eigenvalue weighted by atomic mass is 16.5. The topological polar surface area (TPSA) is 67.0 Å². The number of carbonyl (C=O) groups excluding carboxylic acids is 1. The van der Waals surface area contributed by atoms with Gasteiger partial charge in [0.05, 0.1) is 6.61 Å². The van der Waals surface area contributed by atoms with Crippen molar-refractivity contribution in [1.29, 1.82) is 0 Å². The first-order valence-corrected chi connectivity index (χ1v) is 8.53. The third-order valence-electron chi connectivity index (χ3n) is 4.07. The molecule has 1 aromatic carbocycles. The number of ether oxygens (including phenoxy) is 1. The minimum Gasteiger partial charge on any atom is -0.477 e. The molecule has 0 saturated carbocycles. The van der Waals surface area contributed by atoms with Gasteiger partial charge >= 0.3 is 0 Å². The molecule has 0 fully saturated rings. The van der Waals surface area contributed by atoms with E-state index in [1.165, 1.54) is 5.56 Å². The van der Waals surface area contributed by atoms with Gasteiger partial charge in [-0.15, -0.1) is 0 Å². The van der Waals surface area contributed by atoms with Crippen LogP contribution in [0.2, 0.25) is 0 Å². The summed E-state index contributed by atoms with van der Waals surface area (Å²) in [5.41, 5.74) is 4.74. The molecule has 0 atom stereocenters. The van der Waals surface area contributed by atoms with Gasteiger partial charge in [0, 0.05) is 29.2 Å². The van der Waals surface area contributed by atoms with Crippen LogP contribution in [0.3, 0.4) is 0 Å². The van der Waals surface area contributed by atoms with E-state index in [0.29, 0.717) is 24.7 Å². The summed E-state index contributed by atoms with van der Waals surface area (Å²) in [7, 11) is 0. The van der Waals surface area contributed by atoms with Gasteiger partial charge in [-0.05, 0) is 49.6 Å². The van der Waals surface area contributed by atoms with Gasteiger partial charge in [-0.1, -0.05) is 19.1 Å². The summed E-state index contributed by atoms with van der Waals surface area (Å²) in [6.07, 6.45) is 2.61. The van der Waals surface area contributed by atoms with Crippen LogP contribution in [-0.4, -0.2) is 22.5 Å². The fourth-order valence-corrected chi connectivity index (χ4v) is 2.88. The molecule has 1 amide bonds. The first-order chi connectivity index (χ1) is 12.1. The van der Waals surface area contributed by atoms with E-state index in [-0.39, 0.29) is 5.91 Å². The van der Waals surface area contributed by atoms with Crippen LogP contribution in [0.15, 0.2) is 36.5 Å². The average Bonchev–Trinajstić information content (AvgIpc) is 3.03. The van der Waals surface area contributed by atoms with Gasteiger partial charge in [-0.25, -0.2) is 4.98 Å². The van der Waals surface area contributed by atoms with Crippen LogP contribution >= 0.6 is 0 Å². The zero-order valence-electron chi connectivity index (χ0n) is 14.8. The Bertz CT molecular complexity index is 899. The van der Waals surface area contributed by atoms with Crippen molar-refractivity contribution >= 4 is 16.8 Å². The number of amides is 1. The van der Waals surface area contributed by atoms with Gasteiger partial charge in [0.2, 0.25) is 5.88 Å². The molecule has 3 aromatic rings. The van der Waals surface area contributed by atoms with E-state index >= 15 is 0 Å². The van der Waals surface area contributed by atoms with Crippen LogP contribution in [0.1, 0.15) is 40.5 Å². The number of carbonyl (C=O) groups is 1. The summed E-state index contributed by atoms with van der Waals surface area (Å²) < 4.78 is 5.63. The highest BCUT2D eigenvalue weighted by Crippen LogP contribution is 2.21. The summed E-state index contributed by atoms with van der Waals surface area (Å²) in [5, 5.41) is 4.01. The molecule has 0 spiro atoms. The number of fused-ring (bicyclic) bond motifs is 1. The minimum absolute atomic E-state index is 0.140. The number of rotatable bonds is 6. The normalized spacial score (nSPS) is 10.8. The molecule has 25 heavy (non-hydrogen) atoms. The number of aryl methyl sites for hydroxylation is 2. The second kappa shape index (κ2) is 7.38. The van der Waals surface area contributed by atoms with Gasteiger partial charge in [0.15, 0.2) is 0 Å². The average molecular weight is 337 g/mol. The van der Waals surface area contributed by atoms with Crippen LogP contribution in [0.4, 0.5) is 0 Å². The van der Waals surface area contributed by atoms with Crippen molar-refractivity contribution in [3.05, 3.63) is 58.9 Å². The molecular weight excluding hydrogens is 314 g/mol. The second-order valence-electron chi connectivity index (χ2n) is 6.22. The molecule has 0 bridgehead atoms. The molecule has 0 unspecified atom stereocenters. The summed E-state index contributed by atoms with van der Waals surface area (Å²) in [5.74, 6) is 0.436. The van der Waals surface area contributed by atoms with Crippen LogP contribution in [-0.2, 0) is 6.54 Å². The number of hydrogen-bond donors (Lipinski definition) is 2. The highest BCUT2D eigenvalue weighted by molar-refractivity contribution is 5.98. The Morgan fingerprint density at radius 2 is 2.12 bits per heavy atom. The lowest BCUT2D eigenvalue weighted by Crippen LogP contribution is -2.23. The maximum Gasteiger partial charge on any atom is 0.268 e. The molecule has 0 aliphatic heterocycles. The summed E-state index contributed by atoms with van der Waals surface area (Å²) in [4.78, 5) is 20.0. The lowest BCUT2D eigenvalue weighted by Gasteiger charge is -2.10. The standard InChI is InChI=1S/C20H23N3O2/c1-4-8-25-20-15(6-5-7-21-20)12-22-19(24)18-11-16-14(3)9-13(2)10-17(16)23-18/h5-7,9-11,23H,4,8,12H2,1-3H3,(H,22,24). The molecule has 2 N–H and O–H groups in total. The number of H-pyrrole nitrogens is 1. The fraction of sp³-hybridized carbons (Fsp3) is 0.300. The largest absolute Gasteiger partial charge is 0.477 e. The van der Waals surface area contributed by atoms with Crippen LogP contribution in [0.25, 0.3) is 10.9 Å². The van der Waals surface area contributed by atoms with Crippen LogP contribution in [0, 0.1) is 13.8 Å². The first-order valence-electron chi connectivity index (χ1n) is 8.53. The van der Waals surface area contributed by atoms with Crippen LogP contribution in [0.5, 0.6) is 5.88 Å². The van der Waals surface area contributed by atoms with E-state index in [2.05, 4.69) is 34.3 Å². The van der Waals surface area contributed by atoms with Crippen molar-refractivity contribution in [3.8, 4) is 5.88 Å². The second-order valence-corrected chi connectivity index (χ2v) is 6.22. The third-order valence-corrected chi connectivity index (χ3v) is 4.07. The Morgan fingerprint density at radius 3 is 2.92 bits per heavy atom. The maximum atomic E-state index is 12.5. The van der Waals surface area contributed by atoms with E-state index < -0.39 is 0 Å². The third kappa shape index (κ3) is 3.82. The maximum absolute atomic E-state index is 12.5. The number of benzene rings is 1. The lowest BCUT2D eigenvalue weighted by molar-refractivity contribution is 0.0946. The zero-order chi connectivity index (χ0) is 17.8. The fourth-order valence-electron chi connectivity index (χ4n) is 2.88. The van der Waals surface area contributed by atoms with Crippen molar-refractivity contribution in [2.45, 2.75) is 33.7 Å². The number of hydrogen-bond acceptors (Lipinski definition) is 3. The number of aromatic amines is 1. The molecule has 2 aromatic heterocycles. The first kappa shape index (κ1) is 17.0. The monoisotopic (exact) mass is 337 g/mol. The van der Waals surface area contributed by atoms with Crippen LogP contribution < -0.4 is 10.1 Å². The molecule has 130 valence electrons. The molecule has 0 aliphatic carbocycles. The molecular formula is C20H23N3O2. The lowest BCUT2D eigenvalue weighted by atomic mass is 10.1. The van der Waals surface area contributed by atoms with Crippen molar-refractivity contribution < 1.29 is 9.53 Å². The predicted molar refractivity (Wildman–Crippen MR) is 99.0 cm³/mol. The van der Waals surface area contributed by atoms with Crippen molar-refractivity contribution in [3.63, 3.8) is 0 Å². The van der Waals surface area contributed by atoms with Crippen molar-refractivity contribution in [2.75, 3.05) is 6.61 Å². The zero-order valence-corrected chi connectivity index (χ0v) is 14.8. The van der Waals surface area contributed by atoms with Crippen molar-refractivity contribution in [2.24, 2.45) is 0 Å². The van der Waals surface area contributed by atoms with E-state index in [4.69, 9.17) is 4.74 Å². The molecule has 0 aliphatic rings. The summed E-state index contributed by atoms with van der Waals surface area (Å²) in [6.45, 7) is 7.13. The Hall–Kier alpha value is -2.82. The van der Waals surface area contributed by atoms with Gasteiger partial charge in [-0.2, -0.15) is 0 Å². The van der Waals surface area contributed by atoms with E-state index in [1.807, 2.05) is 32.0 Å². The molecule has 3 rings (SSSR count). The van der Waals surface area contributed by atoms with E-state index in [1.54, 1.807) is 6.20 Å². The molecule has 0 saturated heterocycles. The minimum atomic E-state index is -0.140. The molecule has 0 radical (unpaired) electrons. The Morgan fingerprint density at radius 1 is 1.28 bits per heavy atom. The smallest absolute Gasteiger partial charge is 0.268 e. The van der Waals surface area contributed by atoms with Gasteiger partial charge in [0.25, 0.3) is 5.91 Å². The van der Waals surface area contributed by atoms with Gasteiger partial charge in [-0.3, -0.25) is 4.79 Å². The van der Waals surface area contributed by atoms with Gasteiger partial charge < -0.3 is 15.0 Å². The number of pyridine rings is 1. The SMILES string of the molecule is CCCOc1ncccc1CNC(=O)c1cc2c(C)cc(C)cc2[nH]1. The quantitative estimate of drug-likeness (QED) is 0.717. The predicted octanol–water partition coefficient (Wildman–Crippen LogP) is 3.90.